The van der Waals surface area contributed by atoms with Gasteiger partial charge < -0.3 is 11.1 Å². The summed E-state index contributed by atoms with van der Waals surface area (Å²) in [5, 5.41) is 3.21. The van der Waals surface area contributed by atoms with Crippen LogP contribution in [0.2, 0.25) is 0 Å². The van der Waals surface area contributed by atoms with Gasteiger partial charge in [-0.25, -0.2) is 0 Å². The number of carbonyl (C=O) groups is 1. The number of fused-ring (bicyclic) bond motifs is 1. The third-order valence-corrected chi connectivity index (χ3v) is 4.14. The second kappa shape index (κ2) is 5.83. The lowest BCUT2D eigenvalue weighted by Crippen LogP contribution is -2.47. The summed E-state index contributed by atoms with van der Waals surface area (Å²) in [4.78, 5) is 14.4. The van der Waals surface area contributed by atoms with Crippen molar-refractivity contribution in [3.05, 3.63) is 0 Å². The van der Waals surface area contributed by atoms with E-state index in [1.807, 2.05) is 6.92 Å². The molecule has 0 radical (unpaired) electrons. The highest BCUT2D eigenvalue weighted by atomic mass is 16.1. The van der Waals surface area contributed by atoms with E-state index in [9.17, 15) is 4.79 Å². The van der Waals surface area contributed by atoms with E-state index >= 15 is 0 Å². The lowest BCUT2D eigenvalue weighted by molar-refractivity contribution is -0.122. The van der Waals surface area contributed by atoms with Gasteiger partial charge >= 0.3 is 0 Å². The van der Waals surface area contributed by atoms with Gasteiger partial charge in [0.15, 0.2) is 0 Å². The van der Waals surface area contributed by atoms with Gasteiger partial charge in [-0.2, -0.15) is 0 Å². The van der Waals surface area contributed by atoms with E-state index in [-0.39, 0.29) is 5.91 Å². The Morgan fingerprint density at radius 2 is 2.24 bits per heavy atom. The molecule has 0 aromatic heterocycles. The molecule has 2 saturated heterocycles. The third kappa shape index (κ3) is 3.19. The summed E-state index contributed by atoms with van der Waals surface area (Å²) in [6.07, 6.45) is 5.57. The zero-order chi connectivity index (χ0) is 12.3. The monoisotopic (exact) mass is 239 g/mol. The standard InChI is InChI=1S/C13H25N3O/c1-10(9-14)8-13(17)15-11-5-7-16-6-3-2-4-12(11)16/h10-12H,2-9,14H2,1H3,(H,15,17). The number of hydrogen-bond donors (Lipinski definition) is 2. The van der Waals surface area contributed by atoms with E-state index in [4.69, 9.17) is 5.73 Å². The quantitative estimate of drug-likeness (QED) is 0.760. The maximum Gasteiger partial charge on any atom is 0.220 e. The van der Waals surface area contributed by atoms with Crippen LogP contribution >= 0.6 is 0 Å². The van der Waals surface area contributed by atoms with Crippen LogP contribution in [0.5, 0.6) is 0 Å². The lowest BCUT2D eigenvalue weighted by Gasteiger charge is -2.32. The Kier molecular flexibility index (Phi) is 4.40. The molecule has 0 saturated carbocycles. The minimum atomic E-state index is 0.181. The molecule has 98 valence electrons. The first-order valence-corrected chi connectivity index (χ1v) is 6.94. The van der Waals surface area contributed by atoms with Crippen molar-refractivity contribution in [2.75, 3.05) is 19.6 Å². The van der Waals surface area contributed by atoms with Crippen molar-refractivity contribution < 1.29 is 4.79 Å². The van der Waals surface area contributed by atoms with Crippen molar-refractivity contribution in [2.24, 2.45) is 11.7 Å². The molecule has 0 bridgehead atoms. The van der Waals surface area contributed by atoms with Gasteiger partial charge in [-0.3, -0.25) is 9.69 Å². The molecule has 0 aromatic rings. The van der Waals surface area contributed by atoms with Crippen LogP contribution in [-0.4, -0.2) is 42.5 Å². The first kappa shape index (κ1) is 12.8. The van der Waals surface area contributed by atoms with Crippen LogP contribution < -0.4 is 11.1 Å². The molecule has 3 N–H and O–H groups in total. The average Bonchev–Trinajstić information content (AvgIpc) is 2.72. The van der Waals surface area contributed by atoms with Crippen LogP contribution in [0, 0.1) is 5.92 Å². The molecule has 17 heavy (non-hydrogen) atoms. The highest BCUT2D eigenvalue weighted by Crippen LogP contribution is 2.27. The normalized spacial score (nSPS) is 30.9. The number of nitrogens with two attached hydrogens (primary N) is 1. The Balaban J connectivity index is 1.80. The summed E-state index contributed by atoms with van der Waals surface area (Å²) >= 11 is 0. The topological polar surface area (TPSA) is 58.4 Å². The molecular formula is C13H25N3O. The van der Waals surface area contributed by atoms with E-state index < -0.39 is 0 Å². The predicted molar refractivity (Wildman–Crippen MR) is 68.6 cm³/mol. The van der Waals surface area contributed by atoms with Gasteiger partial charge in [0.25, 0.3) is 0 Å². The number of rotatable bonds is 4. The van der Waals surface area contributed by atoms with Gasteiger partial charge in [0.2, 0.25) is 5.91 Å². The SMILES string of the molecule is CC(CN)CC(=O)NC1CCN2CCCCC12. The molecule has 2 aliphatic heterocycles. The molecule has 4 nitrogen and oxygen atoms in total. The largest absolute Gasteiger partial charge is 0.352 e. The van der Waals surface area contributed by atoms with Crippen LogP contribution in [0.25, 0.3) is 0 Å². The van der Waals surface area contributed by atoms with Crippen LogP contribution in [0.4, 0.5) is 0 Å². The van der Waals surface area contributed by atoms with E-state index in [0.717, 1.165) is 13.0 Å². The van der Waals surface area contributed by atoms with Crippen molar-refractivity contribution in [2.45, 2.75) is 51.1 Å². The van der Waals surface area contributed by atoms with Crippen LogP contribution in [-0.2, 0) is 4.79 Å². The van der Waals surface area contributed by atoms with E-state index in [2.05, 4.69) is 10.2 Å². The number of nitrogens with one attached hydrogen (secondary N) is 1. The van der Waals surface area contributed by atoms with E-state index in [1.165, 1.54) is 25.8 Å². The summed E-state index contributed by atoms with van der Waals surface area (Å²) in [5.74, 6) is 0.472. The molecule has 2 rings (SSSR count). The van der Waals surface area contributed by atoms with Gasteiger partial charge in [0.1, 0.15) is 0 Å². The molecule has 1 amide bonds. The van der Waals surface area contributed by atoms with Gasteiger partial charge in [-0.05, 0) is 38.3 Å². The number of amides is 1. The van der Waals surface area contributed by atoms with Crippen molar-refractivity contribution in [1.29, 1.82) is 0 Å². The lowest BCUT2D eigenvalue weighted by atomic mass is 9.98. The molecule has 3 unspecified atom stereocenters. The summed E-state index contributed by atoms with van der Waals surface area (Å²) in [7, 11) is 0. The second-order valence-corrected chi connectivity index (χ2v) is 5.61. The summed E-state index contributed by atoms with van der Waals surface area (Å²) in [5.41, 5.74) is 5.55. The van der Waals surface area contributed by atoms with Gasteiger partial charge in [0.05, 0.1) is 0 Å². The Bertz CT molecular complexity index is 269. The van der Waals surface area contributed by atoms with Gasteiger partial charge in [-0.15, -0.1) is 0 Å². The zero-order valence-corrected chi connectivity index (χ0v) is 10.8. The van der Waals surface area contributed by atoms with Crippen molar-refractivity contribution in [3.63, 3.8) is 0 Å². The molecule has 2 aliphatic rings. The minimum Gasteiger partial charge on any atom is -0.352 e. The summed E-state index contributed by atoms with van der Waals surface area (Å²) in [6.45, 7) is 4.99. The Morgan fingerprint density at radius 3 is 3.00 bits per heavy atom. The van der Waals surface area contributed by atoms with Crippen molar-refractivity contribution >= 4 is 5.91 Å². The smallest absolute Gasteiger partial charge is 0.220 e. The fraction of sp³-hybridized carbons (Fsp3) is 0.923. The predicted octanol–water partition coefficient (Wildman–Crippen LogP) is 0.714. The van der Waals surface area contributed by atoms with E-state index in [1.54, 1.807) is 0 Å². The van der Waals surface area contributed by atoms with Gasteiger partial charge in [0, 0.05) is 25.0 Å². The highest BCUT2D eigenvalue weighted by molar-refractivity contribution is 5.76. The number of nitrogens with zero attached hydrogens (tertiary/aromatic N) is 1. The summed E-state index contributed by atoms with van der Waals surface area (Å²) < 4.78 is 0. The van der Waals surface area contributed by atoms with Crippen LogP contribution in [0.1, 0.15) is 39.0 Å². The van der Waals surface area contributed by atoms with Crippen LogP contribution in [0.3, 0.4) is 0 Å². The average molecular weight is 239 g/mol. The molecule has 0 spiro atoms. The fourth-order valence-corrected chi connectivity index (χ4v) is 3.08. The molecule has 2 fully saturated rings. The van der Waals surface area contributed by atoms with Crippen molar-refractivity contribution in [3.8, 4) is 0 Å². The second-order valence-electron chi connectivity index (χ2n) is 5.61. The molecule has 4 heteroatoms. The molecule has 0 aliphatic carbocycles. The fourth-order valence-electron chi connectivity index (χ4n) is 3.08. The summed E-state index contributed by atoms with van der Waals surface area (Å²) in [6, 6.07) is 0.980. The third-order valence-electron chi connectivity index (χ3n) is 4.14. The first-order chi connectivity index (χ1) is 8.20. The van der Waals surface area contributed by atoms with E-state index in [0.29, 0.717) is 31.0 Å². The molecule has 3 atom stereocenters. The maximum atomic E-state index is 11.9. The Morgan fingerprint density at radius 1 is 1.41 bits per heavy atom. The maximum absolute atomic E-state index is 11.9. The highest BCUT2D eigenvalue weighted by Gasteiger charge is 2.36. The van der Waals surface area contributed by atoms with Crippen molar-refractivity contribution in [1.82, 2.24) is 10.2 Å². The number of carbonyl (C=O) groups excluding carboxylic acids is 1. The number of hydrogen-bond acceptors (Lipinski definition) is 3. The first-order valence-electron chi connectivity index (χ1n) is 6.94. The Hall–Kier alpha value is -0.610. The van der Waals surface area contributed by atoms with Gasteiger partial charge in [-0.1, -0.05) is 13.3 Å². The molecule has 0 aromatic carbocycles. The molecule has 2 heterocycles. The molecular weight excluding hydrogens is 214 g/mol. The Labute approximate surface area is 104 Å². The minimum absolute atomic E-state index is 0.181. The zero-order valence-electron chi connectivity index (χ0n) is 10.8. The number of piperidine rings is 1. The van der Waals surface area contributed by atoms with Crippen LogP contribution in [0.15, 0.2) is 0 Å².